The lowest BCUT2D eigenvalue weighted by molar-refractivity contribution is 0.786. The van der Waals surface area contributed by atoms with Crippen LogP contribution in [0.3, 0.4) is 0 Å². The van der Waals surface area contributed by atoms with E-state index in [1.807, 2.05) is 0 Å². The van der Waals surface area contributed by atoms with Gasteiger partial charge in [-0.3, -0.25) is 0 Å². The predicted molar refractivity (Wildman–Crippen MR) is 50.4 cm³/mol. The third-order valence-electron chi connectivity index (χ3n) is 2.60. The maximum atomic E-state index is 7.30. The molecule has 0 unspecified atom stereocenters. The molecule has 0 atom stereocenters. The zero-order chi connectivity index (χ0) is 8.55. The van der Waals surface area contributed by atoms with Crippen molar-refractivity contribution in [3.8, 4) is 0 Å². The Hall–Kier alpha value is -0.790. The van der Waals surface area contributed by atoms with Crippen LogP contribution in [0.25, 0.3) is 0 Å². The molecule has 0 amide bonds. The maximum Gasteiger partial charge on any atom is 0.0259 e. The van der Waals surface area contributed by atoms with Gasteiger partial charge in [-0.25, -0.2) is 0 Å². The molecule has 2 aliphatic carbocycles. The summed E-state index contributed by atoms with van der Waals surface area (Å²) in [4.78, 5) is 0. The van der Waals surface area contributed by atoms with Gasteiger partial charge in [-0.2, -0.15) is 0 Å². The van der Waals surface area contributed by atoms with Crippen molar-refractivity contribution in [3.63, 3.8) is 0 Å². The van der Waals surface area contributed by atoms with E-state index in [0.717, 1.165) is 6.04 Å². The summed E-state index contributed by atoms with van der Waals surface area (Å²) < 4.78 is 0. The first-order chi connectivity index (χ1) is 5.81. The highest BCUT2D eigenvalue weighted by Gasteiger charge is 2.28. The van der Waals surface area contributed by atoms with E-state index in [4.69, 9.17) is 5.41 Å². The molecule has 0 heterocycles. The SMILES string of the molecule is C/C(NC1CC1)=C(/C=N)C1CC1. The van der Waals surface area contributed by atoms with Gasteiger partial charge in [0.25, 0.3) is 0 Å². The lowest BCUT2D eigenvalue weighted by Gasteiger charge is -2.08. The molecule has 2 rings (SSSR count). The van der Waals surface area contributed by atoms with Crippen LogP contribution in [0, 0.1) is 11.3 Å². The summed E-state index contributed by atoms with van der Waals surface area (Å²) in [6, 6.07) is 0.721. The molecule has 0 aliphatic heterocycles. The third kappa shape index (κ3) is 1.68. The highest BCUT2D eigenvalue weighted by atomic mass is 15.0. The quantitative estimate of drug-likeness (QED) is 0.613. The first-order valence-electron chi connectivity index (χ1n) is 4.79. The smallest absolute Gasteiger partial charge is 0.0259 e. The van der Waals surface area contributed by atoms with E-state index in [1.54, 1.807) is 0 Å². The second-order valence-electron chi connectivity index (χ2n) is 3.92. The molecule has 0 saturated heterocycles. The van der Waals surface area contributed by atoms with Crippen molar-refractivity contribution >= 4 is 6.21 Å². The fourth-order valence-corrected chi connectivity index (χ4v) is 1.54. The zero-order valence-corrected chi connectivity index (χ0v) is 7.56. The van der Waals surface area contributed by atoms with Crippen LogP contribution in [-0.4, -0.2) is 12.3 Å². The number of allylic oxidation sites excluding steroid dienone is 2. The Kier molecular flexibility index (Phi) is 1.91. The van der Waals surface area contributed by atoms with Crippen molar-refractivity contribution in [2.24, 2.45) is 5.92 Å². The van der Waals surface area contributed by atoms with Crippen molar-refractivity contribution in [2.75, 3.05) is 0 Å². The molecule has 2 nitrogen and oxygen atoms in total. The molecule has 2 heteroatoms. The fraction of sp³-hybridized carbons (Fsp3) is 0.700. The molecule has 2 N–H and O–H groups in total. The summed E-state index contributed by atoms with van der Waals surface area (Å²) >= 11 is 0. The van der Waals surface area contributed by atoms with Gasteiger partial charge >= 0.3 is 0 Å². The van der Waals surface area contributed by atoms with Gasteiger partial charge in [0.15, 0.2) is 0 Å². The topological polar surface area (TPSA) is 35.9 Å². The average Bonchev–Trinajstić information content (AvgIpc) is 2.80. The minimum absolute atomic E-state index is 0.703. The van der Waals surface area contributed by atoms with Crippen molar-refractivity contribution in [3.05, 3.63) is 11.3 Å². The van der Waals surface area contributed by atoms with Crippen molar-refractivity contribution in [2.45, 2.75) is 38.6 Å². The average molecular weight is 164 g/mol. The molecular formula is C10H16N2. The third-order valence-corrected chi connectivity index (χ3v) is 2.60. The van der Waals surface area contributed by atoms with E-state index in [0.29, 0.717) is 5.92 Å². The maximum absolute atomic E-state index is 7.30. The Labute approximate surface area is 73.6 Å². The molecule has 2 saturated carbocycles. The van der Waals surface area contributed by atoms with Crippen LogP contribution in [0.5, 0.6) is 0 Å². The second-order valence-corrected chi connectivity index (χ2v) is 3.92. The molecule has 0 radical (unpaired) electrons. The molecule has 2 aliphatic rings. The molecule has 0 bridgehead atoms. The summed E-state index contributed by atoms with van der Waals surface area (Å²) in [6.45, 7) is 2.11. The van der Waals surface area contributed by atoms with Crippen LogP contribution in [0.15, 0.2) is 11.3 Å². The minimum atomic E-state index is 0.703. The predicted octanol–water partition coefficient (Wildman–Crippen LogP) is 2.07. The largest absolute Gasteiger partial charge is 0.386 e. The van der Waals surface area contributed by atoms with Crippen molar-refractivity contribution < 1.29 is 0 Å². The Morgan fingerprint density at radius 1 is 1.33 bits per heavy atom. The highest BCUT2D eigenvalue weighted by molar-refractivity contribution is 5.78. The fourth-order valence-electron chi connectivity index (χ4n) is 1.54. The summed E-state index contributed by atoms with van der Waals surface area (Å²) in [7, 11) is 0. The molecule has 66 valence electrons. The molecule has 12 heavy (non-hydrogen) atoms. The monoisotopic (exact) mass is 164 g/mol. The van der Waals surface area contributed by atoms with E-state index >= 15 is 0 Å². The Morgan fingerprint density at radius 3 is 2.42 bits per heavy atom. The van der Waals surface area contributed by atoms with Gasteiger partial charge in [0.1, 0.15) is 0 Å². The van der Waals surface area contributed by atoms with Gasteiger partial charge in [0, 0.05) is 18.0 Å². The number of rotatable bonds is 4. The standard InChI is InChI=1S/C10H16N2/c1-7(12-9-4-5-9)10(6-11)8-2-3-8/h6,8-9,11-12H,2-5H2,1H3/b10-7+,11-6?. The lowest BCUT2D eigenvalue weighted by atomic mass is 10.1. The van der Waals surface area contributed by atoms with Crippen molar-refractivity contribution in [1.82, 2.24) is 5.32 Å². The van der Waals surface area contributed by atoms with Crippen molar-refractivity contribution in [1.29, 1.82) is 5.41 Å². The zero-order valence-electron chi connectivity index (χ0n) is 7.56. The van der Waals surface area contributed by atoms with Crippen LogP contribution in [0.1, 0.15) is 32.6 Å². The molecule has 2 fully saturated rings. The number of nitrogens with one attached hydrogen (secondary N) is 2. The van der Waals surface area contributed by atoms with Crippen LogP contribution in [0.4, 0.5) is 0 Å². The number of hydrogen-bond donors (Lipinski definition) is 2. The van der Waals surface area contributed by atoms with Crippen LogP contribution >= 0.6 is 0 Å². The molecule has 0 aromatic rings. The molecule has 0 aromatic heterocycles. The summed E-state index contributed by atoms with van der Waals surface area (Å²) in [5, 5.41) is 10.8. The van der Waals surface area contributed by atoms with Gasteiger partial charge < -0.3 is 10.7 Å². The molecule has 0 aromatic carbocycles. The summed E-state index contributed by atoms with van der Waals surface area (Å²) in [6.07, 6.45) is 6.73. The van der Waals surface area contributed by atoms with Gasteiger partial charge in [0.05, 0.1) is 0 Å². The van der Waals surface area contributed by atoms with E-state index in [-0.39, 0.29) is 0 Å². The van der Waals surface area contributed by atoms with Gasteiger partial charge in [0.2, 0.25) is 0 Å². The summed E-state index contributed by atoms with van der Waals surface area (Å²) in [5.41, 5.74) is 2.48. The minimum Gasteiger partial charge on any atom is -0.386 e. The molecule has 0 spiro atoms. The Balaban J connectivity index is 2.01. The Bertz CT molecular complexity index is 222. The first kappa shape index (κ1) is 7.84. The van der Waals surface area contributed by atoms with Gasteiger partial charge in [-0.05, 0) is 44.1 Å². The van der Waals surface area contributed by atoms with Gasteiger partial charge in [-0.1, -0.05) is 0 Å². The summed E-state index contributed by atoms with van der Waals surface area (Å²) in [5.74, 6) is 0.703. The normalized spacial score (nSPS) is 24.8. The van der Waals surface area contributed by atoms with E-state index in [1.165, 1.54) is 43.2 Å². The molecular weight excluding hydrogens is 148 g/mol. The highest BCUT2D eigenvalue weighted by Crippen LogP contribution is 2.37. The number of hydrogen-bond acceptors (Lipinski definition) is 2. The second kappa shape index (κ2) is 2.92. The van der Waals surface area contributed by atoms with Gasteiger partial charge in [-0.15, -0.1) is 0 Å². The lowest BCUT2D eigenvalue weighted by Crippen LogP contribution is -2.16. The van der Waals surface area contributed by atoms with Crippen LogP contribution < -0.4 is 5.32 Å². The van der Waals surface area contributed by atoms with E-state index in [9.17, 15) is 0 Å². The first-order valence-corrected chi connectivity index (χ1v) is 4.79. The van der Waals surface area contributed by atoms with E-state index in [2.05, 4.69) is 12.2 Å². The Morgan fingerprint density at radius 2 is 2.00 bits per heavy atom. The van der Waals surface area contributed by atoms with E-state index < -0.39 is 0 Å². The van der Waals surface area contributed by atoms with Crippen LogP contribution in [-0.2, 0) is 0 Å². The van der Waals surface area contributed by atoms with Crippen LogP contribution in [0.2, 0.25) is 0 Å².